The lowest BCUT2D eigenvalue weighted by molar-refractivity contribution is -0.151. The van der Waals surface area contributed by atoms with Gasteiger partial charge in [-0.2, -0.15) is 0 Å². The molecule has 10 heavy (non-hydrogen) atoms. The summed E-state index contributed by atoms with van der Waals surface area (Å²) < 4.78 is 0. The van der Waals surface area contributed by atoms with Gasteiger partial charge in [0.25, 0.3) is 0 Å². The first-order chi connectivity index (χ1) is 4.63. The summed E-state index contributed by atoms with van der Waals surface area (Å²) in [6.07, 6.45) is 2.75. The van der Waals surface area contributed by atoms with Crippen LogP contribution in [0.1, 0.15) is 0 Å². The Kier molecular flexibility index (Phi) is 1.45. The van der Waals surface area contributed by atoms with Gasteiger partial charge >= 0.3 is 11.9 Å². The van der Waals surface area contributed by atoms with Crippen molar-refractivity contribution in [1.82, 2.24) is 0 Å². The van der Waals surface area contributed by atoms with Crippen LogP contribution in [0.4, 0.5) is 0 Å². The second-order valence-corrected chi connectivity index (χ2v) is 2.11. The van der Waals surface area contributed by atoms with Gasteiger partial charge < -0.3 is 10.2 Å². The van der Waals surface area contributed by atoms with E-state index in [0.717, 1.165) is 0 Å². The molecule has 0 heterocycles. The zero-order valence-corrected chi connectivity index (χ0v) is 5.02. The molecule has 1 rings (SSSR count). The number of hydrogen-bond acceptors (Lipinski definition) is 2. The summed E-state index contributed by atoms with van der Waals surface area (Å²) in [6, 6.07) is 0. The summed E-state index contributed by atoms with van der Waals surface area (Å²) in [4.78, 5) is 20.4. The van der Waals surface area contributed by atoms with Crippen molar-refractivity contribution >= 4 is 11.9 Å². The van der Waals surface area contributed by atoms with E-state index in [0.29, 0.717) is 0 Å². The minimum absolute atomic E-state index is 0.822. The van der Waals surface area contributed by atoms with E-state index in [2.05, 4.69) is 0 Å². The highest BCUT2D eigenvalue weighted by Crippen LogP contribution is 2.25. The van der Waals surface area contributed by atoms with E-state index >= 15 is 0 Å². The van der Waals surface area contributed by atoms with E-state index in [1.165, 1.54) is 12.2 Å². The lowest BCUT2D eigenvalue weighted by Crippen LogP contribution is -2.32. The third-order valence-corrected chi connectivity index (χ3v) is 1.48. The van der Waals surface area contributed by atoms with Gasteiger partial charge in [-0.05, 0) is 0 Å². The molecule has 1 aliphatic carbocycles. The van der Waals surface area contributed by atoms with Crippen LogP contribution in [0.5, 0.6) is 0 Å². The standard InChI is InChI=1S/C6H6O4/c7-5(8)3-1-2-4(3)6(9)10/h1-4H,(H,7,8)(H,9,10)/t3-,4-/m1/s1. The normalized spacial score (nSPS) is 29.2. The molecule has 0 aromatic rings. The molecule has 0 spiro atoms. The summed E-state index contributed by atoms with van der Waals surface area (Å²) in [6.45, 7) is 0. The van der Waals surface area contributed by atoms with Crippen LogP contribution in [0.2, 0.25) is 0 Å². The largest absolute Gasteiger partial charge is 0.481 e. The molecule has 0 fully saturated rings. The molecule has 2 N–H and O–H groups in total. The topological polar surface area (TPSA) is 74.6 Å². The highest BCUT2D eigenvalue weighted by Gasteiger charge is 2.35. The molecule has 0 saturated heterocycles. The highest BCUT2D eigenvalue weighted by molar-refractivity contribution is 5.85. The van der Waals surface area contributed by atoms with E-state index in [9.17, 15) is 9.59 Å². The third kappa shape index (κ3) is 0.877. The lowest BCUT2D eigenvalue weighted by atomic mass is 9.82. The molecule has 0 aromatic carbocycles. The molecular weight excluding hydrogens is 136 g/mol. The predicted molar refractivity (Wildman–Crippen MR) is 31.4 cm³/mol. The van der Waals surface area contributed by atoms with Crippen LogP contribution in [0.15, 0.2) is 12.2 Å². The fourth-order valence-electron chi connectivity index (χ4n) is 0.805. The molecule has 0 bridgehead atoms. The van der Waals surface area contributed by atoms with E-state index in [-0.39, 0.29) is 0 Å². The zero-order valence-electron chi connectivity index (χ0n) is 5.02. The molecular formula is C6H6O4. The molecule has 1 aliphatic rings. The number of hydrogen-bond donors (Lipinski definition) is 2. The average Bonchev–Trinajstić information content (AvgIpc) is 1.56. The Hall–Kier alpha value is -1.32. The van der Waals surface area contributed by atoms with Crippen molar-refractivity contribution in [3.8, 4) is 0 Å². The van der Waals surface area contributed by atoms with Gasteiger partial charge in [-0.3, -0.25) is 9.59 Å². The molecule has 4 nitrogen and oxygen atoms in total. The Bertz CT molecular complexity index is 184. The first-order valence-electron chi connectivity index (χ1n) is 2.77. The van der Waals surface area contributed by atoms with Gasteiger partial charge in [0.1, 0.15) is 0 Å². The maximum atomic E-state index is 10.2. The van der Waals surface area contributed by atoms with Crippen LogP contribution in [0.25, 0.3) is 0 Å². The molecule has 0 unspecified atom stereocenters. The third-order valence-electron chi connectivity index (χ3n) is 1.48. The number of carbonyl (C=O) groups is 2. The SMILES string of the molecule is O=C(O)[C@@H]1C=C[C@H]1C(=O)O. The van der Waals surface area contributed by atoms with E-state index in [1.54, 1.807) is 0 Å². The quantitative estimate of drug-likeness (QED) is 0.530. The van der Waals surface area contributed by atoms with E-state index < -0.39 is 23.8 Å². The lowest BCUT2D eigenvalue weighted by Gasteiger charge is -2.20. The fraction of sp³-hybridized carbons (Fsp3) is 0.333. The van der Waals surface area contributed by atoms with Crippen molar-refractivity contribution in [1.29, 1.82) is 0 Å². The molecule has 2 atom stereocenters. The minimum Gasteiger partial charge on any atom is -0.481 e. The maximum absolute atomic E-state index is 10.2. The Morgan fingerprint density at radius 1 is 1.00 bits per heavy atom. The van der Waals surface area contributed by atoms with Crippen LogP contribution in [-0.4, -0.2) is 22.2 Å². The molecule has 0 aliphatic heterocycles. The molecule has 0 saturated carbocycles. The van der Waals surface area contributed by atoms with Crippen molar-refractivity contribution in [2.45, 2.75) is 0 Å². The van der Waals surface area contributed by atoms with Gasteiger partial charge in [-0.25, -0.2) is 0 Å². The zero-order chi connectivity index (χ0) is 7.72. The summed E-state index contributed by atoms with van der Waals surface area (Å²) in [5.41, 5.74) is 0. The van der Waals surface area contributed by atoms with Crippen molar-refractivity contribution in [2.75, 3.05) is 0 Å². The fourth-order valence-corrected chi connectivity index (χ4v) is 0.805. The van der Waals surface area contributed by atoms with Gasteiger partial charge in [-0.1, -0.05) is 12.2 Å². The van der Waals surface area contributed by atoms with Crippen LogP contribution in [0, 0.1) is 11.8 Å². The summed E-state index contributed by atoms with van der Waals surface area (Å²) in [5.74, 6) is -3.79. The number of aliphatic carboxylic acids is 2. The average molecular weight is 142 g/mol. The molecule has 54 valence electrons. The van der Waals surface area contributed by atoms with Crippen LogP contribution in [-0.2, 0) is 9.59 Å². The smallest absolute Gasteiger partial charge is 0.311 e. The molecule has 0 radical (unpaired) electrons. The number of carboxylic acids is 2. The van der Waals surface area contributed by atoms with Gasteiger partial charge in [-0.15, -0.1) is 0 Å². The summed E-state index contributed by atoms with van der Waals surface area (Å²) >= 11 is 0. The minimum atomic E-state index is -1.07. The van der Waals surface area contributed by atoms with Crippen molar-refractivity contribution in [2.24, 2.45) is 11.8 Å². The Morgan fingerprint density at radius 2 is 1.30 bits per heavy atom. The summed E-state index contributed by atoms with van der Waals surface area (Å²) in [7, 11) is 0. The molecule has 4 heteroatoms. The monoisotopic (exact) mass is 142 g/mol. The van der Waals surface area contributed by atoms with Crippen molar-refractivity contribution in [3.05, 3.63) is 12.2 Å². The number of carboxylic acid groups (broad SMARTS) is 2. The van der Waals surface area contributed by atoms with E-state index in [4.69, 9.17) is 10.2 Å². The second-order valence-electron chi connectivity index (χ2n) is 2.11. The first-order valence-corrected chi connectivity index (χ1v) is 2.77. The second kappa shape index (κ2) is 2.13. The maximum Gasteiger partial charge on any atom is 0.311 e. The highest BCUT2D eigenvalue weighted by atomic mass is 16.4. The van der Waals surface area contributed by atoms with Gasteiger partial charge in [0.15, 0.2) is 0 Å². The predicted octanol–water partition coefficient (Wildman–Crippen LogP) is -0.0422. The Balaban J connectivity index is 2.63. The number of rotatable bonds is 2. The van der Waals surface area contributed by atoms with E-state index in [1.807, 2.05) is 0 Å². The molecule has 0 amide bonds. The molecule has 0 aromatic heterocycles. The van der Waals surface area contributed by atoms with Gasteiger partial charge in [0, 0.05) is 0 Å². The first kappa shape index (κ1) is 6.80. The van der Waals surface area contributed by atoms with Crippen molar-refractivity contribution < 1.29 is 19.8 Å². The van der Waals surface area contributed by atoms with Crippen LogP contribution >= 0.6 is 0 Å². The summed E-state index contributed by atoms with van der Waals surface area (Å²) in [5, 5.41) is 16.7. The van der Waals surface area contributed by atoms with Crippen molar-refractivity contribution in [3.63, 3.8) is 0 Å². The van der Waals surface area contributed by atoms with Crippen LogP contribution < -0.4 is 0 Å². The van der Waals surface area contributed by atoms with Crippen LogP contribution in [0.3, 0.4) is 0 Å². The van der Waals surface area contributed by atoms with Gasteiger partial charge in [0.05, 0.1) is 11.8 Å². The Morgan fingerprint density at radius 3 is 1.40 bits per heavy atom. The van der Waals surface area contributed by atoms with Gasteiger partial charge in [0.2, 0.25) is 0 Å². The Labute approximate surface area is 56.8 Å².